The number of rotatable bonds is 4. The van der Waals surface area contributed by atoms with Crippen LogP contribution < -0.4 is 11.2 Å². The fourth-order valence-electron chi connectivity index (χ4n) is 2.26. The Labute approximate surface area is 133 Å². The molecule has 1 aromatic heterocycles. The minimum atomic E-state index is -0.952. The van der Waals surface area contributed by atoms with Crippen LogP contribution in [0.15, 0.2) is 35.4 Å². The summed E-state index contributed by atoms with van der Waals surface area (Å²) in [7, 11) is 0. The van der Waals surface area contributed by atoms with Crippen LogP contribution in [0.25, 0.3) is 5.69 Å². The first kappa shape index (κ1) is 15.7. The summed E-state index contributed by atoms with van der Waals surface area (Å²) in [5, 5.41) is 13.1. The van der Waals surface area contributed by atoms with E-state index >= 15 is 0 Å². The van der Waals surface area contributed by atoms with Crippen molar-refractivity contribution in [3.05, 3.63) is 52.8 Å². The summed E-state index contributed by atoms with van der Waals surface area (Å²) in [6.07, 6.45) is 1.62. The van der Waals surface area contributed by atoms with E-state index in [2.05, 4.69) is 22.7 Å². The van der Waals surface area contributed by atoms with Gasteiger partial charge in [0.25, 0.3) is 0 Å². The molecule has 0 aliphatic carbocycles. The SMILES string of the molecule is Cc1cc(/C=N\NC(N)=S)c(C)n1-c1cccc(C(=O)O)c1. The van der Waals surface area contributed by atoms with E-state index in [0.717, 1.165) is 22.6 Å². The van der Waals surface area contributed by atoms with Crippen molar-refractivity contribution in [2.24, 2.45) is 10.8 Å². The van der Waals surface area contributed by atoms with Crippen molar-refractivity contribution in [2.75, 3.05) is 0 Å². The maximum atomic E-state index is 11.1. The van der Waals surface area contributed by atoms with E-state index in [1.54, 1.807) is 24.4 Å². The molecule has 0 aliphatic heterocycles. The van der Waals surface area contributed by atoms with Gasteiger partial charge in [0.1, 0.15) is 0 Å². The van der Waals surface area contributed by atoms with Gasteiger partial charge in [0.2, 0.25) is 0 Å². The molecule has 0 spiro atoms. The van der Waals surface area contributed by atoms with Gasteiger partial charge in [-0.15, -0.1) is 0 Å². The molecule has 0 fully saturated rings. The van der Waals surface area contributed by atoms with Gasteiger partial charge in [0.15, 0.2) is 5.11 Å². The Morgan fingerprint density at radius 1 is 1.41 bits per heavy atom. The molecule has 1 heterocycles. The molecule has 0 bridgehead atoms. The van der Waals surface area contributed by atoms with E-state index in [1.165, 1.54) is 0 Å². The number of aromatic nitrogens is 1. The number of thiocarbonyl (C=S) groups is 1. The Hall–Kier alpha value is -2.67. The summed E-state index contributed by atoms with van der Waals surface area (Å²) in [5.41, 5.74) is 11.6. The standard InChI is InChI=1S/C15H16N4O2S/c1-9-6-12(8-17-18-15(16)22)10(2)19(9)13-5-3-4-11(7-13)14(20)21/h3-8H,1-2H3,(H,20,21)(H3,16,18,22)/b17-8-. The summed E-state index contributed by atoms with van der Waals surface area (Å²) >= 11 is 4.68. The van der Waals surface area contributed by atoms with Gasteiger partial charge in [-0.3, -0.25) is 5.43 Å². The van der Waals surface area contributed by atoms with E-state index < -0.39 is 5.97 Å². The smallest absolute Gasteiger partial charge is 0.335 e. The zero-order valence-electron chi connectivity index (χ0n) is 12.2. The summed E-state index contributed by atoms with van der Waals surface area (Å²) in [6.45, 7) is 3.88. The second kappa shape index (κ2) is 6.40. The topological polar surface area (TPSA) is 92.6 Å². The number of benzene rings is 1. The zero-order valence-corrected chi connectivity index (χ0v) is 13.0. The van der Waals surface area contributed by atoms with Gasteiger partial charge < -0.3 is 15.4 Å². The lowest BCUT2D eigenvalue weighted by Crippen LogP contribution is -2.24. The molecule has 114 valence electrons. The van der Waals surface area contributed by atoms with Crippen LogP contribution >= 0.6 is 12.2 Å². The Morgan fingerprint density at radius 3 is 2.77 bits per heavy atom. The average Bonchev–Trinajstić information content (AvgIpc) is 2.73. The number of carboxylic acids is 1. The number of nitrogens with one attached hydrogen (secondary N) is 1. The zero-order chi connectivity index (χ0) is 16.3. The van der Waals surface area contributed by atoms with Crippen LogP contribution in [0.2, 0.25) is 0 Å². The lowest BCUT2D eigenvalue weighted by Gasteiger charge is -2.10. The van der Waals surface area contributed by atoms with Gasteiger partial charge in [-0.05, 0) is 50.3 Å². The van der Waals surface area contributed by atoms with Crippen LogP contribution in [-0.2, 0) is 0 Å². The fourth-order valence-corrected chi connectivity index (χ4v) is 2.31. The summed E-state index contributed by atoms with van der Waals surface area (Å²) in [5.74, 6) is -0.952. The van der Waals surface area contributed by atoms with Crippen molar-refractivity contribution in [3.63, 3.8) is 0 Å². The highest BCUT2D eigenvalue weighted by Gasteiger charge is 2.11. The Morgan fingerprint density at radius 2 is 2.14 bits per heavy atom. The molecule has 1 aromatic carbocycles. The number of carboxylic acid groups (broad SMARTS) is 1. The van der Waals surface area contributed by atoms with Crippen LogP contribution in [0.4, 0.5) is 0 Å². The fraction of sp³-hybridized carbons (Fsp3) is 0.133. The molecule has 0 amide bonds. The Balaban J connectivity index is 2.42. The van der Waals surface area contributed by atoms with E-state index in [1.807, 2.05) is 30.5 Å². The molecule has 0 unspecified atom stereocenters. The first-order chi connectivity index (χ1) is 10.4. The second-order valence-corrected chi connectivity index (χ2v) is 5.19. The number of hydrogen-bond donors (Lipinski definition) is 3. The lowest BCUT2D eigenvalue weighted by atomic mass is 10.2. The quantitative estimate of drug-likeness (QED) is 0.455. The molecule has 0 saturated carbocycles. The first-order valence-electron chi connectivity index (χ1n) is 6.51. The summed E-state index contributed by atoms with van der Waals surface area (Å²) < 4.78 is 1.97. The van der Waals surface area contributed by atoms with Gasteiger partial charge in [0.05, 0.1) is 11.8 Å². The average molecular weight is 316 g/mol. The second-order valence-electron chi connectivity index (χ2n) is 4.75. The number of aromatic carboxylic acids is 1. The van der Waals surface area contributed by atoms with Crippen molar-refractivity contribution >= 4 is 29.5 Å². The Kier molecular flexibility index (Phi) is 4.57. The van der Waals surface area contributed by atoms with Gasteiger partial charge >= 0.3 is 5.97 Å². The van der Waals surface area contributed by atoms with Gasteiger partial charge in [-0.25, -0.2) is 4.79 Å². The molecule has 0 atom stereocenters. The maximum absolute atomic E-state index is 11.1. The molecule has 22 heavy (non-hydrogen) atoms. The number of hydrogen-bond acceptors (Lipinski definition) is 3. The van der Waals surface area contributed by atoms with Crippen molar-refractivity contribution < 1.29 is 9.90 Å². The van der Waals surface area contributed by atoms with Crippen molar-refractivity contribution in [3.8, 4) is 5.69 Å². The van der Waals surface area contributed by atoms with Crippen molar-refractivity contribution in [1.29, 1.82) is 0 Å². The molecule has 7 heteroatoms. The number of nitrogens with zero attached hydrogens (tertiary/aromatic N) is 2. The third-order valence-electron chi connectivity index (χ3n) is 3.20. The molecular weight excluding hydrogens is 300 g/mol. The largest absolute Gasteiger partial charge is 0.478 e. The van der Waals surface area contributed by atoms with Crippen molar-refractivity contribution in [1.82, 2.24) is 9.99 Å². The van der Waals surface area contributed by atoms with Crippen LogP contribution in [0.5, 0.6) is 0 Å². The Bertz CT molecular complexity index is 765. The van der Waals surface area contributed by atoms with Crippen LogP contribution in [-0.4, -0.2) is 27.0 Å². The molecule has 2 aromatic rings. The highest BCUT2D eigenvalue weighted by molar-refractivity contribution is 7.80. The van der Waals surface area contributed by atoms with E-state index in [-0.39, 0.29) is 10.7 Å². The predicted octanol–water partition coefficient (Wildman–Crippen LogP) is 1.96. The summed E-state index contributed by atoms with van der Waals surface area (Å²) in [4.78, 5) is 11.1. The predicted molar refractivity (Wildman–Crippen MR) is 89.7 cm³/mol. The molecule has 0 saturated heterocycles. The number of nitrogens with two attached hydrogens (primary N) is 1. The minimum Gasteiger partial charge on any atom is -0.478 e. The maximum Gasteiger partial charge on any atom is 0.335 e. The number of carbonyl (C=O) groups is 1. The third kappa shape index (κ3) is 3.32. The van der Waals surface area contributed by atoms with Gasteiger partial charge in [0, 0.05) is 22.6 Å². The lowest BCUT2D eigenvalue weighted by molar-refractivity contribution is 0.0697. The number of aryl methyl sites for hydroxylation is 1. The summed E-state index contributed by atoms with van der Waals surface area (Å²) in [6, 6.07) is 8.74. The van der Waals surface area contributed by atoms with Gasteiger partial charge in [-0.1, -0.05) is 6.07 Å². The normalized spacial score (nSPS) is 10.8. The number of hydrazone groups is 1. The molecule has 4 N–H and O–H groups in total. The van der Waals surface area contributed by atoms with Crippen molar-refractivity contribution in [2.45, 2.75) is 13.8 Å². The minimum absolute atomic E-state index is 0.0965. The van der Waals surface area contributed by atoms with E-state index in [4.69, 9.17) is 10.8 Å². The highest BCUT2D eigenvalue weighted by atomic mass is 32.1. The molecule has 0 aliphatic rings. The molecular formula is C15H16N4O2S. The van der Waals surface area contributed by atoms with Crippen LogP contribution in [0.3, 0.4) is 0 Å². The third-order valence-corrected chi connectivity index (χ3v) is 3.29. The molecule has 6 nitrogen and oxygen atoms in total. The van der Waals surface area contributed by atoms with Crippen LogP contribution in [0.1, 0.15) is 27.3 Å². The highest BCUT2D eigenvalue weighted by Crippen LogP contribution is 2.20. The monoisotopic (exact) mass is 316 g/mol. The molecule has 0 radical (unpaired) electrons. The first-order valence-corrected chi connectivity index (χ1v) is 6.92. The van der Waals surface area contributed by atoms with Crippen LogP contribution in [0, 0.1) is 13.8 Å². The van der Waals surface area contributed by atoms with Gasteiger partial charge in [-0.2, -0.15) is 5.10 Å². The molecule has 2 rings (SSSR count). The van der Waals surface area contributed by atoms with E-state index in [9.17, 15) is 4.79 Å². The van der Waals surface area contributed by atoms with E-state index in [0.29, 0.717) is 0 Å².